The van der Waals surface area contributed by atoms with E-state index in [4.69, 9.17) is 4.74 Å². The van der Waals surface area contributed by atoms with Crippen molar-refractivity contribution in [2.45, 2.75) is 6.92 Å². The van der Waals surface area contributed by atoms with E-state index in [2.05, 4.69) is 0 Å². The predicted molar refractivity (Wildman–Crippen MR) is 121 cm³/mol. The second-order valence-corrected chi connectivity index (χ2v) is 6.95. The molecule has 3 aromatic rings. The summed E-state index contributed by atoms with van der Waals surface area (Å²) in [4.78, 5) is 41.8. The molecule has 4 amide bonds. The molecule has 1 fully saturated rings. The van der Waals surface area contributed by atoms with Gasteiger partial charge in [-0.25, -0.2) is 14.6 Å². The number of aromatic hydroxyl groups is 1. The van der Waals surface area contributed by atoms with E-state index in [1.165, 1.54) is 18.2 Å². The molecule has 3 aromatic carbocycles. The smallest absolute Gasteiger partial charge is 0.343 e. The number of phenols is 1. The van der Waals surface area contributed by atoms with Gasteiger partial charge in [-0.3, -0.25) is 9.59 Å². The molecule has 0 aliphatic carbocycles. The van der Waals surface area contributed by atoms with E-state index in [1.54, 1.807) is 73.7 Å². The molecule has 1 saturated heterocycles. The number of phenolic OH excluding ortho intramolecular Hbond substituents is 1. The normalized spacial score (nSPS) is 14.0. The summed E-state index contributed by atoms with van der Waals surface area (Å²) in [6, 6.07) is 20.6. The Kier molecular flexibility index (Phi) is 5.72. The summed E-state index contributed by atoms with van der Waals surface area (Å²) in [7, 11) is 0. The maximum absolute atomic E-state index is 13.3. The molecule has 1 aliphatic heterocycles. The fourth-order valence-corrected chi connectivity index (χ4v) is 3.40. The quantitative estimate of drug-likeness (QED) is 0.482. The van der Waals surface area contributed by atoms with Crippen molar-refractivity contribution >= 4 is 35.3 Å². The van der Waals surface area contributed by atoms with Crippen LogP contribution in [0.1, 0.15) is 12.5 Å². The minimum atomic E-state index is -0.754. The maximum Gasteiger partial charge on any atom is 0.343 e. The molecule has 0 radical (unpaired) electrons. The number of ether oxygens (including phenoxy) is 1. The van der Waals surface area contributed by atoms with Gasteiger partial charge < -0.3 is 9.84 Å². The van der Waals surface area contributed by atoms with Gasteiger partial charge in [0, 0.05) is 0 Å². The highest BCUT2D eigenvalue weighted by Crippen LogP contribution is 2.31. The van der Waals surface area contributed by atoms with Crippen LogP contribution >= 0.6 is 0 Å². The number of anilines is 2. The molecule has 32 heavy (non-hydrogen) atoms. The highest BCUT2D eigenvalue weighted by Gasteiger charge is 2.43. The zero-order valence-electron chi connectivity index (χ0n) is 17.3. The average Bonchev–Trinajstić information content (AvgIpc) is 2.80. The number of carbonyl (C=O) groups is 3. The minimum Gasteiger partial charge on any atom is -0.504 e. The van der Waals surface area contributed by atoms with Crippen LogP contribution in [0.2, 0.25) is 0 Å². The van der Waals surface area contributed by atoms with Crippen LogP contribution in [0.3, 0.4) is 0 Å². The second-order valence-electron chi connectivity index (χ2n) is 6.95. The molecule has 7 heteroatoms. The molecule has 0 aromatic heterocycles. The van der Waals surface area contributed by atoms with Crippen LogP contribution in [-0.4, -0.2) is 29.6 Å². The van der Waals surface area contributed by atoms with E-state index in [9.17, 15) is 19.5 Å². The number of amides is 4. The summed E-state index contributed by atoms with van der Waals surface area (Å²) in [5, 5.41) is 9.95. The second kappa shape index (κ2) is 8.77. The number of nitrogens with zero attached hydrogens (tertiary/aromatic N) is 2. The van der Waals surface area contributed by atoms with Gasteiger partial charge in [-0.1, -0.05) is 42.5 Å². The van der Waals surface area contributed by atoms with E-state index >= 15 is 0 Å². The first kappa shape index (κ1) is 20.9. The zero-order chi connectivity index (χ0) is 22.7. The van der Waals surface area contributed by atoms with E-state index in [0.29, 0.717) is 23.5 Å². The Hall–Kier alpha value is -4.39. The third kappa shape index (κ3) is 3.83. The summed E-state index contributed by atoms with van der Waals surface area (Å²) in [6.07, 6.45) is 1.39. The molecule has 1 N–H and O–H groups in total. The maximum atomic E-state index is 13.3. The summed E-state index contributed by atoms with van der Waals surface area (Å²) < 4.78 is 5.39. The van der Waals surface area contributed by atoms with Crippen LogP contribution in [0, 0.1) is 0 Å². The lowest BCUT2D eigenvalue weighted by Gasteiger charge is -2.33. The van der Waals surface area contributed by atoms with Crippen LogP contribution < -0.4 is 14.5 Å². The first-order chi connectivity index (χ1) is 15.5. The third-order valence-corrected chi connectivity index (χ3v) is 4.87. The largest absolute Gasteiger partial charge is 0.504 e. The number of hydrogen-bond donors (Lipinski definition) is 1. The monoisotopic (exact) mass is 428 g/mol. The highest BCUT2D eigenvalue weighted by atomic mass is 16.5. The van der Waals surface area contributed by atoms with Crippen molar-refractivity contribution < 1.29 is 24.2 Å². The zero-order valence-corrected chi connectivity index (χ0v) is 17.3. The van der Waals surface area contributed by atoms with E-state index in [0.717, 1.165) is 9.80 Å². The van der Waals surface area contributed by atoms with Crippen LogP contribution in [0.25, 0.3) is 6.08 Å². The first-order valence-corrected chi connectivity index (χ1v) is 10.0. The Bertz CT molecular complexity index is 1140. The van der Waals surface area contributed by atoms with E-state index < -0.39 is 17.8 Å². The lowest BCUT2D eigenvalue weighted by Crippen LogP contribution is -2.57. The molecule has 1 aliphatic rings. The molecule has 7 nitrogen and oxygen atoms in total. The van der Waals surface area contributed by atoms with Gasteiger partial charge in [-0.05, 0) is 55.0 Å². The van der Waals surface area contributed by atoms with E-state index in [1.807, 2.05) is 0 Å². The average molecular weight is 428 g/mol. The van der Waals surface area contributed by atoms with Gasteiger partial charge in [0.1, 0.15) is 5.57 Å². The van der Waals surface area contributed by atoms with Crippen molar-refractivity contribution in [2.24, 2.45) is 0 Å². The van der Waals surface area contributed by atoms with Gasteiger partial charge in [0.15, 0.2) is 11.5 Å². The van der Waals surface area contributed by atoms with Crippen molar-refractivity contribution in [3.8, 4) is 11.5 Å². The Morgan fingerprint density at radius 3 is 1.84 bits per heavy atom. The summed E-state index contributed by atoms with van der Waals surface area (Å²) in [5.74, 6) is -1.29. The molecule has 0 atom stereocenters. The van der Waals surface area contributed by atoms with Gasteiger partial charge in [0.25, 0.3) is 11.8 Å². The standard InChI is InChI=1S/C25H20N2O5/c1-2-32-22-16-17(13-14-21(22)28)15-20-23(29)26(18-9-5-3-6-10-18)25(31)27(24(20)30)19-11-7-4-8-12-19/h3-16,28H,2H2,1H3. The van der Waals surface area contributed by atoms with Crippen LogP contribution in [-0.2, 0) is 9.59 Å². The Morgan fingerprint density at radius 1 is 0.812 bits per heavy atom. The van der Waals surface area contributed by atoms with Crippen LogP contribution in [0.5, 0.6) is 11.5 Å². The molecule has 0 bridgehead atoms. The van der Waals surface area contributed by atoms with Crippen molar-refractivity contribution in [2.75, 3.05) is 16.4 Å². The molecular weight excluding hydrogens is 408 g/mol. The lowest BCUT2D eigenvalue weighted by molar-refractivity contribution is -0.121. The number of carbonyl (C=O) groups excluding carboxylic acids is 3. The first-order valence-electron chi connectivity index (χ1n) is 10.0. The van der Waals surface area contributed by atoms with Gasteiger partial charge in [0.05, 0.1) is 18.0 Å². The Balaban J connectivity index is 1.85. The molecule has 0 spiro atoms. The van der Waals surface area contributed by atoms with Crippen LogP contribution in [0.4, 0.5) is 16.2 Å². The number of barbiturate groups is 1. The molecule has 0 saturated carbocycles. The van der Waals surface area contributed by atoms with Crippen molar-refractivity contribution in [1.82, 2.24) is 0 Å². The van der Waals surface area contributed by atoms with Gasteiger partial charge in [-0.15, -0.1) is 0 Å². The molecule has 0 unspecified atom stereocenters. The molecule has 160 valence electrons. The van der Waals surface area contributed by atoms with Gasteiger partial charge in [-0.2, -0.15) is 0 Å². The topological polar surface area (TPSA) is 87.2 Å². The number of para-hydroxylation sites is 2. The fourth-order valence-electron chi connectivity index (χ4n) is 3.40. The molecule has 1 heterocycles. The Labute approximate surface area is 184 Å². The molecular formula is C25H20N2O5. The summed E-state index contributed by atoms with van der Waals surface area (Å²) in [5.41, 5.74) is 0.980. The summed E-state index contributed by atoms with van der Waals surface area (Å²) >= 11 is 0. The minimum absolute atomic E-state index is 0.0534. The number of imide groups is 2. The Morgan fingerprint density at radius 2 is 1.34 bits per heavy atom. The van der Waals surface area contributed by atoms with Gasteiger partial charge in [0.2, 0.25) is 0 Å². The van der Waals surface area contributed by atoms with Crippen LogP contribution in [0.15, 0.2) is 84.4 Å². The number of benzene rings is 3. The molecule has 4 rings (SSSR count). The number of rotatable bonds is 5. The van der Waals surface area contributed by atoms with Crippen molar-refractivity contribution in [3.05, 3.63) is 90.0 Å². The van der Waals surface area contributed by atoms with Gasteiger partial charge >= 0.3 is 6.03 Å². The third-order valence-electron chi connectivity index (χ3n) is 4.87. The number of urea groups is 1. The lowest BCUT2D eigenvalue weighted by atomic mass is 10.0. The highest BCUT2D eigenvalue weighted by molar-refractivity contribution is 6.46. The fraction of sp³-hybridized carbons (Fsp3) is 0.0800. The SMILES string of the molecule is CCOc1cc(C=C2C(=O)N(c3ccccc3)C(=O)N(c3ccccc3)C2=O)ccc1O. The predicted octanol–water partition coefficient (Wildman–Crippen LogP) is 4.37. The number of hydrogen-bond acceptors (Lipinski definition) is 5. The van der Waals surface area contributed by atoms with Crippen molar-refractivity contribution in [1.29, 1.82) is 0 Å². The van der Waals surface area contributed by atoms with Crippen molar-refractivity contribution in [3.63, 3.8) is 0 Å². The summed E-state index contributed by atoms with van der Waals surface area (Å²) in [6.45, 7) is 2.11. The van der Waals surface area contributed by atoms with E-state index in [-0.39, 0.29) is 17.1 Å².